The molecule has 8 heteroatoms. The normalized spacial score (nSPS) is 14.3. The van der Waals surface area contributed by atoms with Gasteiger partial charge < -0.3 is 15.3 Å². The Bertz CT molecular complexity index is 1370. The van der Waals surface area contributed by atoms with Gasteiger partial charge in [0.25, 0.3) is 5.91 Å². The first-order valence-electron chi connectivity index (χ1n) is 11.7. The van der Waals surface area contributed by atoms with Crippen LogP contribution >= 0.6 is 0 Å². The molecular formula is C27H27N5O3. The van der Waals surface area contributed by atoms with Crippen LogP contribution in [0.15, 0.2) is 67.0 Å². The number of carboxylic acid groups (broad SMARTS) is 1. The van der Waals surface area contributed by atoms with Gasteiger partial charge in [0, 0.05) is 25.8 Å². The molecule has 0 atom stereocenters. The number of carbonyl (C=O) groups is 2. The Balaban J connectivity index is 1.41. The number of likely N-dealkylation sites (tertiary alicyclic amines) is 1. The molecule has 1 aliphatic rings. The minimum Gasteiger partial charge on any atom is -0.477 e. The third-order valence-corrected chi connectivity index (χ3v) is 6.59. The van der Waals surface area contributed by atoms with E-state index in [0.717, 1.165) is 18.4 Å². The SMILES string of the molecule is Cc1cccc(C2CCN(C(=O)c3cnc4c(C(=O)O)cnn4c3NCc3ccccc3)CC2)c1. The summed E-state index contributed by atoms with van der Waals surface area (Å²) >= 11 is 0. The van der Waals surface area contributed by atoms with Crippen LogP contribution in [0.5, 0.6) is 0 Å². The number of amides is 1. The Hall–Kier alpha value is -4.20. The zero-order chi connectivity index (χ0) is 24.4. The third-order valence-electron chi connectivity index (χ3n) is 6.59. The molecule has 178 valence electrons. The van der Waals surface area contributed by atoms with E-state index in [1.54, 1.807) is 0 Å². The molecule has 1 saturated heterocycles. The number of anilines is 1. The molecule has 0 radical (unpaired) electrons. The molecule has 4 aromatic rings. The van der Waals surface area contributed by atoms with Crippen molar-refractivity contribution in [3.8, 4) is 0 Å². The molecule has 2 N–H and O–H groups in total. The number of carboxylic acids is 1. The quantitative estimate of drug-likeness (QED) is 0.435. The topological polar surface area (TPSA) is 99.8 Å². The van der Waals surface area contributed by atoms with E-state index >= 15 is 0 Å². The lowest BCUT2D eigenvalue weighted by Crippen LogP contribution is -2.38. The third kappa shape index (κ3) is 4.59. The molecule has 35 heavy (non-hydrogen) atoms. The van der Waals surface area contributed by atoms with E-state index in [-0.39, 0.29) is 17.1 Å². The summed E-state index contributed by atoms with van der Waals surface area (Å²) in [5, 5.41) is 17.0. The Labute approximate surface area is 203 Å². The van der Waals surface area contributed by atoms with E-state index in [1.807, 2.05) is 35.2 Å². The molecule has 0 unspecified atom stereocenters. The Morgan fingerprint density at radius 2 is 1.80 bits per heavy atom. The monoisotopic (exact) mass is 469 g/mol. The summed E-state index contributed by atoms with van der Waals surface area (Å²) in [6, 6.07) is 18.4. The highest BCUT2D eigenvalue weighted by atomic mass is 16.4. The van der Waals surface area contributed by atoms with Gasteiger partial charge in [-0.2, -0.15) is 9.61 Å². The first-order chi connectivity index (χ1) is 17.0. The molecule has 8 nitrogen and oxygen atoms in total. The number of aromatic carboxylic acids is 1. The van der Waals surface area contributed by atoms with Crippen molar-refractivity contribution in [2.75, 3.05) is 18.4 Å². The number of nitrogens with one attached hydrogen (secondary N) is 1. The molecule has 2 aromatic carbocycles. The summed E-state index contributed by atoms with van der Waals surface area (Å²) in [5.41, 5.74) is 4.16. The largest absolute Gasteiger partial charge is 0.477 e. The second kappa shape index (κ2) is 9.58. The zero-order valence-electron chi connectivity index (χ0n) is 19.5. The number of carbonyl (C=O) groups excluding carboxylic acids is 1. The second-order valence-electron chi connectivity index (χ2n) is 8.94. The number of piperidine rings is 1. The fourth-order valence-electron chi connectivity index (χ4n) is 4.70. The van der Waals surface area contributed by atoms with Crippen LogP contribution < -0.4 is 5.32 Å². The smallest absolute Gasteiger partial charge is 0.341 e. The van der Waals surface area contributed by atoms with Crippen molar-refractivity contribution < 1.29 is 14.7 Å². The maximum Gasteiger partial charge on any atom is 0.341 e. The lowest BCUT2D eigenvalue weighted by Gasteiger charge is -2.32. The van der Waals surface area contributed by atoms with Gasteiger partial charge in [-0.3, -0.25) is 4.79 Å². The number of aryl methyl sites for hydroxylation is 1. The van der Waals surface area contributed by atoms with E-state index in [0.29, 0.717) is 36.9 Å². The molecule has 5 rings (SSSR count). The average Bonchev–Trinajstić information content (AvgIpc) is 3.32. The van der Waals surface area contributed by atoms with Crippen LogP contribution in [0, 0.1) is 6.92 Å². The van der Waals surface area contributed by atoms with Crippen LogP contribution in [0.25, 0.3) is 5.65 Å². The number of aromatic nitrogens is 3. The summed E-state index contributed by atoms with van der Waals surface area (Å²) in [6.45, 7) is 3.85. The highest BCUT2D eigenvalue weighted by molar-refractivity contribution is 6.00. The van der Waals surface area contributed by atoms with Gasteiger partial charge in [0.05, 0.1) is 6.20 Å². The number of hydrogen-bond donors (Lipinski definition) is 2. The number of benzene rings is 2. The van der Waals surface area contributed by atoms with Gasteiger partial charge in [-0.25, -0.2) is 9.78 Å². The average molecular weight is 470 g/mol. The van der Waals surface area contributed by atoms with Gasteiger partial charge in [0.2, 0.25) is 0 Å². The summed E-state index contributed by atoms with van der Waals surface area (Å²) in [5.74, 6) is -0.375. The Kier molecular flexibility index (Phi) is 6.18. The van der Waals surface area contributed by atoms with Crippen LogP contribution in [0.3, 0.4) is 0 Å². The zero-order valence-corrected chi connectivity index (χ0v) is 19.5. The number of hydrogen-bond acceptors (Lipinski definition) is 5. The molecule has 2 aromatic heterocycles. The number of nitrogens with zero attached hydrogens (tertiary/aromatic N) is 4. The molecule has 1 fully saturated rings. The molecule has 0 spiro atoms. The fraction of sp³-hybridized carbons (Fsp3) is 0.259. The van der Waals surface area contributed by atoms with E-state index in [4.69, 9.17) is 0 Å². The van der Waals surface area contributed by atoms with E-state index in [1.165, 1.54) is 28.0 Å². The fourth-order valence-corrected chi connectivity index (χ4v) is 4.70. The Morgan fingerprint density at radius 1 is 1.03 bits per heavy atom. The van der Waals surface area contributed by atoms with Gasteiger partial charge in [-0.05, 0) is 36.8 Å². The minimum absolute atomic E-state index is 0.00858. The molecule has 0 bridgehead atoms. The maximum atomic E-state index is 13.6. The second-order valence-corrected chi connectivity index (χ2v) is 8.94. The van der Waals surface area contributed by atoms with Crippen molar-refractivity contribution in [1.82, 2.24) is 19.5 Å². The van der Waals surface area contributed by atoms with Crippen LogP contribution in [0.4, 0.5) is 5.82 Å². The Morgan fingerprint density at radius 3 is 2.51 bits per heavy atom. The van der Waals surface area contributed by atoms with Gasteiger partial charge in [0.15, 0.2) is 5.65 Å². The van der Waals surface area contributed by atoms with E-state index in [9.17, 15) is 14.7 Å². The predicted octanol–water partition coefficient (Wildman–Crippen LogP) is 4.37. The minimum atomic E-state index is -1.11. The van der Waals surface area contributed by atoms with Gasteiger partial charge in [0.1, 0.15) is 16.9 Å². The van der Waals surface area contributed by atoms with Crippen molar-refractivity contribution in [2.45, 2.75) is 32.2 Å². The molecule has 3 heterocycles. The molecule has 1 amide bonds. The number of rotatable bonds is 6. The molecule has 1 aliphatic heterocycles. The van der Waals surface area contributed by atoms with Crippen molar-refractivity contribution in [1.29, 1.82) is 0 Å². The van der Waals surface area contributed by atoms with E-state index < -0.39 is 5.97 Å². The summed E-state index contributed by atoms with van der Waals surface area (Å²) < 4.78 is 1.42. The van der Waals surface area contributed by atoms with Crippen molar-refractivity contribution in [3.63, 3.8) is 0 Å². The van der Waals surface area contributed by atoms with Gasteiger partial charge in [-0.15, -0.1) is 0 Å². The maximum absolute atomic E-state index is 13.6. The van der Waals surface area contributed by atoms with E-state index in [2.05, 4.69) is 46.6 Å². The summed E-state index contributed by atoms with van der Waals surface area (Å²) in [6.07, 6.45) is 4.51. The van der Waals surface area contributed by atoms with Crippen LogP contribution in [0.2, 0.25) is 0 Å². The number of fused-ring (bicyclic) bond motifs is 1. The summed E-state index contributed by atoms with van der Waals surface area (Å²) in [4.78, 5) is 31.4. The first kappa shape index (κ1) is 22.6. The van der Waals surface area contributed by atoms with Gasteiger partial charge >= 0.3 is 5.97 Å². The van der Waals surface area contributed by atoms with Crippen LogP contribution in [-0.4, -0.2) is 49.6 Å². The lowest BCUT2D eigenvalue weighted by molar-refractivity contribution is 0.0695. The molecule has 0 aliphatic carbocycles. The van der Waals surface area contributed by atoms with Crippen molar-refractivity contribution >= 4 is 23.3 Å². The molecular weight excluding hydrogens is 442 g/mol. The van der Waals surface area contributed by atoms with Crippen molar-refractivity contribution in [2.24, 2.45) is 0 Å². The lowest BCUT2D eigenvalue weighted by atomic mass is 9.88. The standard InChI is InChI=1S/C27H27N5O3/c1-18-6-5-9-21(14-18)20-10-12-31(13-11-20)26(33)22-16-29-25-23(27(34)35)17-30-32(25)24(22)28-15-19-7-3-2-4-8-19/h2-9,14,16-17,20,28H,10-13,15H2,1H3,(H,34,35). The van der Waals surface area contributed by atoms with Gasteiger partial charge in [-0.1, -0.05) is 60.2 Å². The summed E-state index contributed by atoms with van der Waals surface area (Å²) in [7, 11) is 0. The molecule has 0 saturated carbocycles. The van der Waals surface area contributed by atoms with Crippen molar-refractivity contribution in [3.05, 3.63) is 94.8 Å². The predicted molar refractivity (Wildman–Crippen MR) is 133 cm³/mol. The van der Waals surface area contributed by atoms with Crippen LogP contribution in [-0.2, 0) is 6.54 Å². The van der Waals surface area contributed by atoms with Crippen LogP contribution in [0.1, 0.15) is 56.2 Å². The highest BCUT2D eigenvalue weighted by Crippen LogP contribution is 2.30. The first-order valence-corrected chi connectivity index (χ1v) is 11.7. The highest BCUT2D eigenvalue weighted by Gasteiger charge is 2.28.